The zero-order valence-corrected chi connectivity index (χ0v) is 11.0. The Bertz CT molecular complexity index is 262. The van der Waals surface area contributed by atoms with Crippen molar-refractivity contribution in [3.05, 3.63) is 25.3 Å². The lowest BCUT2D eigenvalue weighted by atomic mass is 10.2. The molecule has 1 aliphatic heterocycles. The Morgan fingerprint density at radius 3 is 2.67 bits per heavy atom. The average molecular weight is 253 g/mol. The van der Waals surface area contributed by atoms with Gasteiger partial charge in [0.25, 0.3) is 0 Å². The molecule has 0 aromatic rings. The maximum Gasteiger partial charge on any atom is 0.225 e. The lowest BCUT2D eigenvalue weighted by molar-refractivity contribution is -0.131. The molecule has 1 atom stereocenters. The van der Waals surface area contributed by atoms with Crippen LogP contribution in [-0.4, -0.2) is 49.8 Å². The number of hydrogen-bond donors (Lipinski definition) is 0. The van der Waals surface area contributed by atoms with Crippen molar-refractivity contribution in [3.8, 4) is 0 Å². The van der Waals surface area contributed by atoms with E-state index >= 15 is 0 Å². The van der Waals surface area contributed by atoms with Crippen molar-refractivity contribution in [1.82, 2.24) is 4.90 Å². The fourth-order valence-electron chi connectivity index (χ4n) is 1.90. The lowest BCUT2D eigenvalue weighted by Crippen LogP contribution is -2.32. The minimum Gasteiger partial charge on any atom is -0.378 e. The molecule has 1 saturated heterocycles. The van der Waals surface area contributed by atoms with Gasteiger partial charge in [0, 0.05) is 19.7 Å². The number of nitrogens with zero attached hydrogens (tertiary/aromatic N) is 1. The molecule has 0 aromatic heterocycles. The van der Waals surface area contributed by atoms with E-state index in [2.05, 4.69) is 13.2 Å². The van der Waals surface area contributed by atoms with E-state index in [1.807, 2.05) is 0 Å². The topological polar surface area (TPSA) is 38.8 Å². The van der Waals surface area contributed by atoms with Gasteiger partial charge in [0.05, 0.1) is 25.7 Å². The molecule has 18 heavy (non-hydrogen) atoms. The first-order valence-electron chi connectivity index (χ1n) is 6.46. The second kappa shape index (κ2) is 8.89. The summed E-state index contributed by atoms with van der Waals surface area (Å²) in [4.78, 5) is 13.5. The molecule has 0 saturated carbocycles. The molecule has 1 heterocycles. The summed E-state index contributed by atoms with van der Waals surface area (Å²) >= 11 is 0. The van der Waals surface area contributed by atoms with Gasteiger partial charge in [-0.3, -0.25) is 4.79 Å². The molecule has 0 radical (unpaired) electrons. The normalized spacial score (nSPS) is 18.6. The Balaban J connectivity index is 2.13. The van der Waals surface area contributed by atoms with Crippen LogP contribution in [0.4, 0.5) is 0 Å². The fraction of sp³-hybridized carbons (Fsp3) is 0.643. The van der Waals surface area contributed by atoms with Crippen molar-refractivity contribution < 1.29 is 14.3 Å². The zero-order chi connectivity index (χ0) is 13.2. The number of carbonyl (C=O) groups excluding carboxylic acids is 1. The van der Waals surface area contributed by atoms with Gasteiger partial charge < -0.3 is 14.4 Å². The van der Waals surface area contributed by atoms with Crippen LogP contribution >= 0.6 is 0 Å². The van der Waals surface area contributed by atoms with Crippen LogP contribution in [0, 0.1) is 0 Å². The molecule has 0 bridgehead atoms. The first-order valence-corrected chi connectivity index (χ1v) is 6.46. The van der Waals surface area contributed by atoms with Crippen LogP contribution in [0.1, 0.15) is 19.3 Å². The van der Waals surface area contributed by atoms with Crippen LogP contribution in [0.2, 0.25) is 0 Å². The molecule has 4 heteroatoms. The van der Waals surface area contributed by atoms with E-state index in [1.54, 1.807) is 17.1 Å². The third-order valence-electron chi connectivity index (χ3n) is 2.84. The van der Waals surface area contributed by atoms with Crippen LogP contribution in [0.3, 0.4) is 0 Å². The fourth-order valence-corrected chi connectivity index (χ4v) is 1.90. The number of hydrogen-bond acceptors (Lipinski definition) is 3. The summed E-state index contributed by atoms with van der Waals surface area (Å²) < 4.78 is 10.9. The van der Waals surface area contributed by atoms with Gasteiger partial charge in [-0.05, 0) is 12.8 Å². The van der Waals surface area contributed by atoms with Crippen molar-refractivity contribution in [3.63, 3.8) is 0 Å². The molecule has 1 aliphatic rings. The van der Waals surface area contributed by atoms with Crippen LogP contribution in [0.5, 0.6) is 0 Å². The minimum atomic E-state index is 0.0714. The Labute approximate surface area is 109 Å². The first-order chi connectivity index (χ1) is 8.77. The van der Waals surface area contributed by atoms with E-state index in [-0.39, 0.29) is 12.0 Å². The molecule has 0 aliphatic carbocycles. The Morgan fingerprint density at radius 1 is 1.39 bits per heavy atom. The number of rotatable bonds is 9. The van der Waals surface area contributed by atoms with Gasteiger partial charge in [-0.1, -0.05) is 12.2 Å². The summed E-state index contributed by atoms with van der Waals surface area (Å²) in [7, 11) is 0. The molecule has 1 amide bonds. The van der Waals surface area contributed by atoms with Crippen molar-refractivity contribution >= 4 is 5.91 Å². The van der Waals surface area contributed by atoms with Gasteiger partial charge in [-0.15, -0.1) is 13.2 Å². The van der Waals surface area contributed by atoms with Crippen LogP contribution in [0.15, 0.2) is 25.3 Å². The largest absolute Gasteiger partial charge is 0.378 e. The molecule has 102 valence electrons. The third kappa shape index (κ3) is 5.47. The van der Waals surface area contributed by atoms with Crippen molar-refractivity contribution in [2.45, 2.75) is 25.4 Å². The Morgan fingerprint density at radius 2 is 2.11 bits per heavy atom. The van der Waals surface area contributed by atoms with Gasteiger partial charge in [-0.25, -0.2) is 0 Å². The molecule has 4 nitrogen and oxygen atoms in total. The minimum absolute atomic E-state index is 0.0714. The highest BCUT2D eigenvalue weighted by atomic mass is 16.5. The summed E-state index contributed by atoms with van der Waals surface area (Å²) in [5.74, 6) is 0.0714. The number of amides is 1. The molecular weight excluding hydrogens is 230 g/mol. The van der Waals surface area contributed by atoms with E-state index in [9.17, 15) is 4.79 Å². The van der Waals surface area contributed by atoms with Crippen molar-refractivity contribution in [2.75, 3.05) is 32.9 Å². The Kier molecular flexibility index (Phi) is 7.37. The second-order valence-corrected chi connectivity index (χ2v) is 4.34. The van der Waals surface area contributed by atoms with Gasteiger partial charge >= 0.3 is 0 Å². The van der Waals surface area contributed by atoms with Crippen molar-refractivity contribution in [1.29, 1.82) is 0 Å². The summed E-state index contributed by atoms with van der Waals surface area (Å²) in [6, 6.07) is 0. The molecule has 1 rings (SSSR count). The molecule has 0 aromatic carbocycles. The van der Waals surface area contributed by atoms with Gasteiger partial charge in [0.15, 0.2) is 0 Å². The van der Waals surface area contributed by atoms with Crippen LogP contribution in [-0.2, 0) is 14.3 Å². The summed E-state index contributed by atoms with van der Waals surface area (Å²) in [6.07, 6.45) is 6.22. The molecule has 0 N–H and O–H groups in total. The molecule has 1 fully saturated rings. The summed E-state index contributed by atoms with van der Waals surface area (Å²) in [5.41, 5.74) is 0. The predicted molar refractivity (Wildman–Crippen MR) is 71.4 cm³/mol. The van der Waals surface area contributed by atoms with E-state index in [0.717, 1.165) is 19.4 Å². The second-order valence-electron chi connectivity index (χ2n) is 4.34. The molecule has 0 spiro atoms. The average Bonchev–Trinajstić information content (AvgIpc) is 2.87. The highest BCUT2D eigenvalue weighted by Crippen LogP contribution is 2.11. The summed E-state index contributed by atoms with van der Waals surface area (Å²) in [5, 5.41) is 0. The number of carbonyl (C=O) groups is 1. The van der Waals surface area contributed by atoms with Gasteiger partial charge in [0.1, 0.15) is 0 Å². The lowest BCUT2D eigenvalue weighted by Gasteiger charge is -2.19. The SMILES string of the molecule is C=CCN(CC=C)C(=O)CCOCC1CCCO1. The first kappa shape index (κ1) is 14.9. The van der Waals surface area contributed by atoms with Crippen LogP contribution < -0.4 is 0 Å². The maximum absolute atomic E-state index is 11.8. The quantitative estimate of drug-likeness (QED) is 0.464. The van der Waals surface area contributed by atoms with Crippen LogP contribution in [0.25, 0.3) is 0 Å². The third-order valence-corrected chi connectivity index (χ3v) is 2.84. The van der Waals surface area contributed by atoms with Crippen molar-refractivity contribution in [2.24, 2.45) is 0 Å². The van der Waals surface area contributed by atoms with E-state index in [1.165, 1.54) is 0 Å². The molecular formula is C14H23NO3. The highest BCUT2D eigenvalue weighted by molar-refractivity contribution is 5.76. The maximum atomic E-state index is 11.8. The highest BCUT2D eigenvalue weighted by Gasteiger charge is 2.16. The van der Waals surface area contributed by atoms with Gasteiger partial charge in [0.2, 0.25) is 5.91 Å². The Hall–Kier alpha value is -1.13. The monoisotopic (exact) mass is 253 g/mol. The van der Waals surface area contributed by atoms with Gasteiger partial charge in [-0.2, -0.15) is 0 Å². The predicted octanol–water partition coefficient (Wildman–Crippen LogP) is 1.77. The summed E-state index contributed by atoms with van der Waals surface area (Å²) in [6.45, 7) is 10.3. The zero-order valence-electron chi connectivity index (χ0n) is 11.0. The molecule has 1 unspecified atom stereocenters. The number of ether oxygens (including phenoxy) is 2. The van der Waals surface area contributed by atoms with E-state index in [4.69, 9.17) is 9.47 Å². The van der Waals surface area contributed by atoms with E-state index in [0.29, 0.717) is 32.7 Å². The standard InChI is InChI=1S/C14H23NO3/c1-3-8-15(9-4-2)14(16)7-11-17-12-13-6-5-10-18-13/h3-4,13H,1-2,5-12H2. The smallest absolute Gasteiger partial charge is 0.225 e. The van der Waals surface area contributed by atoms with E-state index < -0.39 is 0 Å².